The maximum absolute atomic E-state index is 12.3. The zero-order valence-corrected chi connectivity index (χ0v) is 13.8. The van der Waals surface area contributed by atoms with E-state index in [4.69, 9.17) is 5.11 Å². The SMILES string of the molecule is CC(=O)NCCN(C(=O)CCC(=O)c1ccccc1)C(C)C(=O)O. The van der Waals surface area contributed by atoms with Crippen LogP contribution in [-0.2, 0) is 14.4 Å². The van der Waals surface area contributed by atoms with Crippen LogP contribution in [0.25, 0.3) is 0 Å². The molecule has 0 heterocycles. The molecule has 0 aromatic heterocycles. The van der Waals surface area contributed by atoms with E-state index in [9.17, 15) is 19.2 Å². The number of nitrogens with zero attached hydrogens (tertiary/aromatic N) is 1. The summed E-state index contributed by atoms with van der Waals surface area (Å²) < 4.78 is 0. The summed E-state index contributed by atoms with van der Waals surface area (Å²) in [5.41, 5.74) is 0.515. The molecular formula is C17H22N2O5. The van der Waals surface area contributed by atoms with Crippen molar-refractivity contribution in [1.82, 2.24) is 10.2 Å². The molecular weight excluding hydrogens is 312 g/mol. The van der Waals surface area contributed by atoms with Gasteiger partial charge < -0.3 is 15.3 Å². The zero-order valence-electron chi connectivity index (χ0n) is 13.8. The molecule has 7 heteroatoms. The summed E-state index contributed by atoms with van der Waals surface area (Å²) >= 11 is 0. The third kappa shape index (κ3) is 6.20. The van der Waals surface area contributed by atoms with Gasteiger partial charge in [-0.2, -0.15) is 0 Å². The molecule has 0 radical (unpaired) electrons. The van der Waals surface area contributed by atoms with Gasteiger partial charge in [0.2, 0.25) is 11.8 Å². The van der Waals surface area contributed by atoms with Crippen LogP contribution in [0.15, 0.2) is 30.3 Å². The summed E-state index contributed by atoms with van der Waals surface area (Å²) in [6, 6.07) is 7.57. The number of rotatable bonds is 9. The average Bonchev–Trinajstić information content (AvgIpc) is 2.56. The molecule has 0 aliphatic carbocycles. The van der Waals surface area contributed by atoms with Crippen LogP contribution < -0.4 is 5.32 Å². The lowest BCUT2D eigenvalue weighted by Gasteiger charge is -2.26. The summed E-state index contributed by atoms with van der Waals surface area (Å²) in [7, 11) is 0. The van der Waals surface area contributed by atoms with Crippen molar-refractivity contribution in [3.63, 3.8) is 0 Å². The highest BCUT2D eigenvalue weighted by Crippen LogP contribution is 2.09. The predicted molar refractivity (Wildman–Crippen MR) is 87.5 cm³/mol. The second-order valence-corrected chi connectivity index (χ2v) is 5.37. The maximum atomic E-state index is 12.3. The number of amides is 2. The summed E-state index contributed by atoms with van der Waals surface area (Å²) in [4.78, 5) is 47.5. The molecule has 0 aliphatic heterocycles. The molecule has 0 spiro atoms. The van der Waals surface area contributed by atoms with Gasteiger partial charge in [-0.05, 0) is 6.92 Å². The topological polar surface area (TPSA) is 104 Å². The fourth-order valence-electron chi connectivity index (χ4n) is 2.15. The Morgan fingerprint density at radius 1 is 1.12 bits per heavy atom. The molecule has 7 nitrogen and oxygen atoms in total. The van der Waals surface area contributed by atoms with Crippen LogP contribution in [-0.4, -0.2) is 52.7 Å². The number of Topliss-reactive ketones (excluding diaryl/α,β-unsaturated/α-hetero) is 1. The highest BCUT2D eigenvalue weighted by Gasteiger charge is 2.25. The molecule has 0 bridgehead atoms. The number of ketones is 1. The Balaban J connectivity index is 2.64. The van der Waals surface area contributed by atoms with Crippen LogP contribution in [0.3, 0.4) is 0 Å². The van der Waals surface area contributed by atoms with Crippen LogP contribution in [0.5, 0.6) is 0 Å². The van der Waals surface area contributed by atoms with Gasteiger partial charge in [-0.25, -0.2) is 4.79 Å². The van der Waals surface area contributed by atoms with Crippen molar-refractivity contribution >= 4 is 23.6 Å². The van der Waals surface area contributed by atoms with E-state index in [2.05, 4.69) is 5.32 Å². The number of nitrogens with one attached hydrogen (secondary N) is 1. The monoisotopic (exact) mass is 334 g/mol. The van der Waals surface area contributed by atoms with Crippen LogP contribution >= 0.6 is 0 Å². The van der Waals surface area contributed by atoms with E-state index in [1.54, 1.807) is 30.3 Å². The summed E-state index contributed by atoms with van der Waals surface area (Å²) in [5.74, 6) is -2.00. The van der Waals surface area contributed by atoms with Crippen molar-refractivity contribution in [3.05, 3.63) is 35.9 Å². The van der Waals surface area contributed by atoms with Crippen molar-refractivity contribution < 1.29 is 24.3 Å². The van der Waals surface area contributed by atoms with E-state index in [-0.39, 0.29) is 37.6 Å². The molecule has 24 heavy (non-hydrogen) atoms. The number of carboxylic acids is 1. The number of carboxylic acid groups (broad SMARTS) is 1. The molecule has 130 valence electrons. The molecule has 1 unspecified atom stereocenters. The van der Waals surface area contributed by atoms with Crippen molar-refractivity contribution in [2.45, 2.75) is 32.7 Å². The molecule has 0 fully saturated rings. The quantitative estimate of drug-likeness (QED) is 0.658. The zero-order chi connectivity index (χ0) is 18.1. The van der Waals surface area contributed by atoms with E-state index in [0.29, 0.717) is 5.56 Å². The normalized spacial score (nSPS) is 11.4. The lowest BCUT2D eigenvalue weighted by atomic mass is 10.1. The molecule has 1 aromatic rings. The second kappa shape index (κ2) is 9.44. The Morgan fingerprint density at radius 2 is 1.75 bits per heavy atom. The molecule has 0 saturated carbocycles. The van der Waals surface area contributed by atoms with Crippen LogP contribution in [0.4, 0.5) is 0 Å². The summed E-state index contributed by atoms with van der Waals surface area (Å²) in [6.45, 7) is 2.97. The first-order valence-electron chi connectivity index (χ1n) is 7.68. The first-order valence-corrected chi connectivity index (χ1v) is 7.68. The van der Waals surface area contributed by atoms with Gasteiger partial charge in [0, 0.05) is 38.4 Å². The number of hydrogen-bond acceptors (Lipinski definition) is 4. The third-order valence-corrected chi connectivity index (χ3v) is 3.53. The average molecular weight is 334 g/mol. The third-order valence-electron chi connectivity index (χ3n) is 3.53. The lowest BCUT2D eigenvalue weighted by Crippen LogP contribution is -2.46. The van der Waals surface area contributed by atoms with Gasteiger partial charge in [0.15, 0.2) is 5.78 Å². The van der Waals surface area contributed by atoms with Gasteiger partial charge in [0.05, 0.1) is 0 Å². The van der Waals surface area contributed by atoms with Gasteiger partial charge in [-0.1, -0.05) is 30.3 Å². The molecule has 1 aromatic carbocycles. The summed E-state index contributed by atoms with van der Waals surface area (Å²) in [6.07, 6.45) is -0.0722. The van der Waals surface area contributed by atoms with Gasteiger partial charge in [0.1, 0.15) is 6.04 Å². The Morgan fingerprint density at radius 3 is 2.29 bits per heavy atom. The Kier molecular flexibility index (Phi) is 7.61. The first-order chi connectivity index (χ1) is 11.3. The van der Waals surface area contributed by atoms with Gasteiger partial charge in [-0.15, -0.1) is 0 Å². The molecule has 0 aliphatic rings. The Bertz CT molecular complexity index is 600. The first kappa shape index (κ1) is 19.3. The lowest BCUT2D eigenvalue weighted by molar-refractivity contribution is -0.149. The number of carbonyl (C=O) groups excluding carboxylic acids is 3. The van der Waals surface area contributed by atoms with Crippen LogP contribution in [0.1, 0.15) is 37.0 Å². The number of aliphatic carboxylic acids is 1. The van der Waals surface area contributed by atoms with E-state index in [1.165, 1.54) is 13.8 Å². The molecule has 1 atom stereocenters. The fraction of sp³-hybridized carbons (Fsp3) is 0.412. The standard InChI is InChI=1S/C17H22N2O5/c1-12(17(23)24)19(11-10-18-13(2)20)16(22)9-8-15(21)14-6-4-3-5-7-14/h3-7,12H,8-11H2,1-2H3,(H,18,20)(H,23,24). The maximum Gasteiger partial charge on any atom is 0.326 e. The predicted octanol–water partition coefficient (Wildman–Crippen LogP) is 1.09. The van der Waals surface area contributed by atoms with E-state index < -0.39 is 17.9 Å². The van der Waals surface area contributed by atoms with Crippen molar-refractivity contribution in [2.75, 3.05) is 13.1 Å². The minimum absolute atomic E-state index is 0.00578. The van der Waals surface area contributed by atoms with Crippen molar-refractivity contribution in [2.24, 2.45) is 0 Å². The van der Waals surface area contributed by atoms with E-state index in [0.717, 1.165) is 4.90 Å². The smallest absolute Gasteiger partial charge is 0.326 e. The molecule has 2 N–H and O–H groups in total. The van der Waals surface area contributed by atoms with E-state index >= 15 is 0 Å². The minimum atomic E-state index is -1.14. The number of benzene rings is 1. The largest absolute Gasteiger partial charge is 0.480 e. The second-order valence-electron chi connectivity index (χ2n) is 5.37. The van der Waals surface area contributed by atoms with Crippen molar-refractivity contribution in [1.29, 1.82) is 0 Å². The molecule has 1 rings (SSSR count). The van der Waals surface area contributed by atoms with Gasteiger partial charge >= 0.3 is 5.97 Å². The van der Waals surface area contributed by atoms with Crippen molar-refractivity contribution in [3.8, 4) is 0 Å². The fourth-order valence-corrected chi connectivity index (χ4v) is 2.15. The Hall–Kier alpha value is -2.70. The number of hydrogen-bond donors (Lipinski definition) is 2. The van der Waals surface area contributed by atoms with Gasteiger partial charge in [-0.3, -0.25) is 14.4 Å². The summed E-state index contributed by atoms with van der Waals surface area (Å²) in [5, 5.41) is 11.6. The highest BCUT2D eigenvalue weighted by molar-refractivity contribution is 5.98. The highest BCUT2D eigenvalue weighted by atomic mass is 16.4. The number of carbonyl (C=O) groups is 4. The van der Waals surface area contributed by atoms with Gasteiger partial charge in [0.25, 0.3) is 0 Å². The molecule has 0 saturated heterocycles. The molecule has 2 amide bonds. The minimum Gasteiger partial charge on any atom is -0.480 e. The van der Waals surface area contributed by atoms with E-state index in [1.807, 2.05) is 0 Å². The van der Waals surface area contributed by atoms with Crippen LogP contribution in [0.2, 0.25) is 0 Å². The van der Waals surface area contributed by atoms with Crippen LogP contribution in [0, 0.1) is 0 Å². The Labute approximate surface area is 140 Å².